The highest BCUT2D eigenvalue weighted by Crippen LogP contribution is 2.37. The minimum Gasteiger partial charge on any atom is -0.385 e. The van der Waals surface area contributed by atoms with Crippen molar-refractivity contribution in [3.8, 4) is 0 Å². The van der Waals surface area contributed by atoms with Crippen LogP contribution in [0.5, 0.6) is 0 Å². The van der Waals surface area contributed by atoms with Crippen molar-refractivity contribution in [3.05, 3.63) is 48.4 Å². The van der Waals surface area contributed by atoms with Gasteiger partial charge in [-0.1, -0.05) is 18.2 Å². The van der Waals surface area contributed by atoms with Gasteiger partial charge in [0.1, 0.15) is 23.1 Å². The van der Waals surface area contributed by atoms with Gasteiger partial charge in [0, 0.05) is 24.7 Å². The second-order valence-electron chi connectivity index (χ2n) is 8.25. The Bertz CT molecular complexity index is 1570. The molecule has 2 atom stereocenters. The van der Waals surface area contributed by atoms with Crippen molar-refractivity contribution in [3.63, 3.8) is 0 Å². The topological polar surface area (TPSA) is 138 Å². The van der Waals surface area contributed by atoms with Crippen molar-refractivity contribution >= 4 is 41.9 Å². The molecule has 0 saturated carbocycles. The number of hydrogen-bond donors (Lipinski definition) is 2. The summed E-state index contributed by atoms with van der Waals surface area (Å²) >= 11 is 0. The normalized spacial score (nSPS) is 18.9. The lowest BCUT2D eigenvalue weighted by atomic mass is 10.2. The maximum atomic E-state index is 13.5. The van der Waals surface area contributed by atoms with Gasteiger partial charge in [-0.25, -0.2) is 31.1 Å². The maximum Gasteiger partial charge on any atom is 0.226 e. The molecule has 2 N–H and O–H groups in total. The molecule has 1 fully saturated rings. The predicted octanol–water partition coefficient (Wildman–Crippen LogP) is 2.01. The molecule has 0 amide bonds. The number of aromatic amines is 1. The fourth-order valence-corrected chi connectivity index (χ4v) is 6.67. The van der Waals surface area contributed by atoms with E-state index >= 15 is 0 Å². The monoisotopic (exact) mass is 489 g/mol. The number of fused-ring (bicyclic) bond motifs is 3. The highest BCUT2D eigenvalue weighted by atomic mass is 32.2. The zero-order valence-corrected chi connectivity index (χ0v) is 19.6. The third-order valence-corrected chi connectivity index (χ3v) is 8.93. The Morgan fingerprint density at radius 3 is 2.48 bits per heavy atom. The Balaban J connectivity index is 1.82. The first kappa shape index (κ1) is 22.0. The first-order chi connectivity index (χ1) is 15.6. The van der Waals surface area contributed by atoms with E-state index in [2.05, 4.69) is 15.0 Å². The van der Waals surface area contributed by atoms with E-state index in [0.717, 1.165) is 6.26 Å². The van der Waals surface area contributed by atoms with Crippen LogP contribution in [0.1, 0.15) is 31.3 Å². The SMILES string of the molecule is C[C@@H](O)c1nc2c(S(=O)(=O)c3ccccc3)nc3[nH]ccc3c2n1C1CCN(S(C)(=O)=O)C1. The Kier molecular flexibility index (Phi) is 5.08. The molecule has 4 heterocycles. The number of benzene rings is 1. The fourth-order valence-electron chi connectivity index (χ4n) is 4.44. The van der Waals surface area contributed by atoms with Crippen molar-refractivity contribution < 1.29 is 21.9 Å². The summed E-state index contributed by atoms with van der Waals surface area (Å²) in [7, 11) is -7.41. The molecular formula is C21H23N5O5S2. The quantitative estimate of drug-likeness (QED) is 0.437. The number of aromatic nitrogens is 4. The van der Waals surface area contributed by atoms with Crippen molar-refractivity contribution in [2.24, 2.45) is 0 Å². The van der Waals surface area contributed by atoms with E-state index in [9.17, 15) is 21.9 Å². The number of rotatable bonds is 5. The van der Waals surface area contributed by atoms with E-state index < -0.39 is 26.0 Å². The van der Waals surface area contributed by atoms with Gasteiger partial charge >= 0.3 is 0 Å². The van der Waals surface area contributed by atoms with Crippen LogP contribution in [0.4, 0.5) is 0 Å². The van der Waals surface area contributed by atoms with E-state index in [1.165, 1.54) is 16.4 Å². The second kappa shape index (κ2) is 7.62. The third kappa shape index (κ3) is 3.53. The summed E-state index contributed by atoms with van der Waals surface area (Å²) in [4.78, 5) is 12.0. The van der Waals surface area contributed by atoms with Gasteiger partial charge < -0.3 is 14.7 Å². The Morgan fingerprint density at radius 2 is 1.85 bits per heavy atom. The van der Waals surface area contributed by atoms with Crippen LogP contribution < -0.4 is 0 Å². The van der Waals surface area contributed by atoms with Crippen LogP contribution in [0.2, 0.25) is 0 Å². The first-order valence-corrected chi connectivity index (χ1v) is 13.7. The largest absolute Gasteiger partial charge is 0.385 e. The van der Waals surface area contributed by atoms with E-state index in [1.807, 2.05) is 0 Å². The third-order valence-electron chi connectivity index (χ3n) is 5.98. The molecule has 5 rings (SSSR count). The molecule has 1 unspecified atom stereocenters. The van der Waals surface area contributed by atoms with E-state index in [4.69, 9.17) is 0 Å². The smallest absolute Gasteiger partial charge is 0.226 e. The zero-order valence-electron chi connectivity index (χ0n) is 18.0. The van der Waals surface area contributed by atoms with Gasteiger partial charge in [-0.2, -0.15) is 0 Å². The zero-order chi connectivity index (χ0) is 23.5. The molecule has 1 aliphatic rings. The van der Waals surface area contributed by atoms with Crippen LogP contribution in [0.3, 0.4) is 0 Å². The lowest BCUT2D eigenvalue weighted by Crippen LogP contribution is -2.28. The van der Waals surface area contributed by atoms with Crippen LogP contribution >= 0.6 is 0 Å². The average molecular weight is 490 g/mol. The molecule has 174 valence electrons. The molecule has 0 bridgehead atoms. The van der Waals surface area contributed by atoms with Crippen molar-refractivity contribution in [2.75, 3.05) is 19.3 Å². The number of nitrogens with zero attached hydrogens (tertiary/aromatic N) is 4. The number of H-pyrrole nitrogens is 1. The molecule has 0 spiro atoms. The van der Waals surface area contributed by atoms with Crippen LogP contribution in [0.15, 0.2) is 52.5 Å². The Hall–Kier alpha value is -2.80. The van der Waals surface area contributed by atoms with E-state index in [1.54, 1.807) is 42.0 Å². The molecule has 1 aromatic carbocycles. The lowest BCUT2D eigenvalue weighted by Gasteiger charge is -2.19. The molecule has 0 aliphatic carbocycles. The van der Waals surface area contributed by atoms with E-state index in [0.29, 0.717) is 29.5 Å². The summed E-state index contributed by atoms with van der Waals surface area (Å²) in [5.41, 5.74) is 1.03. The number of hydrogen-bond acceptors (Lipinski definition) is 7. The molecule has 4 aromatic rings. The van der Waals surface area contributed by atoms with Crippen LogP contribution in [0.25, 0.3) is 22.1 Å². The fraction of sp³-hybridized carbons (Fsp3) is 0.333. The Labute approximate surface area is 190 Å². The van der Waals surface area contributed by atoms with Gasteiger partial charge in [0.15, 0.2) is 5.03 Å². The number of aliphatic hydroxyl groups is 1. The number of nitrogens with one attached hydrogen (secondary N) is 1. The summed E-state index contributed by atoms with van der Waals surface area (Å²) in [6, 6.07) is 9.44. The average Bonchev–Trinajstić information content (AvgIpc) is 3.49. The molecule has 0 radical (unpaired) electrons. The maximum absolute atomic E-state index is 13.5. The number of pyridine rings is 1. The predicted molar refractivity (Wildman–Crippen MR) is 122 cm³/mol. The molecule has 1 saturated heterocycles. The minimum atomic E-state index is -4.02. The van der Waals surface area contributed by atoms with Gasteiger partial charge in [-0.05, 0) is 31.5 Å². The molecule has 10 nitrogen and oxygen atoms in total. The van der Waals surface area contributed by atoms with Crippen LogP contribution in [-0.4, -0.2) is 65.1 Å². The van der Waals surface area contributed by atoms with E-state index in [-0.39, 0.29) is 33.8 Å². The van der Waals surface area contributed by atoms with Crippen LogP contribution in [0, 0.1) is 0 Å². The standard InChI is InChI=1S/C21H23N5O5S2/c1-13(27)20-23-17-18(26(20)14-9-11-25(12-14)32(2,28)29)16-8-10-22-19(16)24-21(17)33(30,31)15-6-4-3-5-7-15/h3-8,10,13-14,27H,9,11-12H2,1-2H3,(H,22,24)/t13-,14?/m1/s1. The summed E-state index contributed by atoms with van der Waals surface area (Å²) < 4.78 is 54.4. The molecular weight excluding hydrogens is 466 g/mol. The Morgan fingerprint density at radius 1 is 1.12 bits per heavy atom. The van der Waals surface area contributed by atoms with Crippen LogP contribution in [-0.2, 0) is 19.9 Å². The van der Waals surface area contributed by atoms with Crippen molar-refractivity contribution in [2.45, 2.75) is 35.4 Å². The van der Waals surface area contributed by atoms with Gasteiger partial charge in [0.25, 0.3) is 0 Å². The molecule has 3 aromatic heterocycles. The van der Waals surface area contributed by atoms with Crippen molar-refractivity contribution in [1.82, 2.24) is 23.8 Å². The number of imidazole rings is 1. The van der Waals surface area contributed by atoms with Gasteiger partial charge in [0.05, 0.1) is 22.7 Å². The highest BCUT2D eigenvalue weighted by molar-refractivity contribution is 7.91. The first-order valence-electron chi connectivity index (χ1n) is 10.4. The minimum absolute atomic E-state index is 0.0852. The number of sulfonamides is 1. The number of sulfone groups is 1. The molecule has 1 aliphatic heterocycles. The highest BCUT2D eigenvalue weighted by Gasteiger charge is 2.35. The molecule has 33 heavy (non-hydrogen) atoms. The van der Waals surface area contributed by atoms with Gasteiger partial charge in [0.2, 0.25) is 19.9 Å². The molecule has 12 heteroatoms. The van der Waals surface area contributed by atoms with Gasteiger partial charge in [-0.3, -0.25) is 0 Å². The summed E-state index contributed by atoms with van der Waals surface area (Å²) in [5.74, 6) is 0.269. The lowest BCUT2D eigenvalue weighted by molar-refractivity contribution is 0.182. The second-order valence-corrected chi connectivity index (χ2v) is 12.1. The number of aliphatic hydroxyl groups excluding tert-OH is 1. The summed E-state index contributed by atoms with van der Waals surface area (Å²) in [6.45, 7) is 2.09. The summed E-state index contributed by atoms with van der Waals surface area (Å²) in [6.07, 6.45) is 2.32. The summed E-state index contributed by atoms with van der Waals surface area (Å²) in [5, 5.41) is 11.0. The van der Waals surface area contributed by atoms with Gasteiger partial charge in [-0.15, -0.1) is 0 Å². The van der Waals surface area contributed by atoms with Crippen molar-refractivity contribution in [1.29, 1.82) is 0 Å².